The van der Waals surface area contributed by atoms with Crippen LogP contribution in [0, 0.1) is 22.7 Å². The lowest BCUT2D eigenvalue weighted by Crippen LogP contribution is -2.63. The summed E-state index contributed by atoms with van der Waals surface area (Å²) < 4.78 is 0. The van der Waals surface area contributed by atoms with Gasteiger partial charge in [0.25, 0.3) is 0 Å². The maximum atomic E-state index is 15.4. The highest BCUT2D eigenvalue weighted by molar-refractivity contribution is 6.02. The highest BCUT2D eigenvalue weighted by Gasteiger charge is 2.42. The van der Waals surface area contributed by atoms with E-state index in [-0.39, 0.29) is 76.8 Å². The zero-order chi connectivity index (χ0) is 103. The minimum Gasteiger partial charge on any atom is -0.480 e. The molecule has 0 aliphatic carbocycles. The van der Waals surface area contributed by atoms with E-state index in [1.807, 2.05) is 0 Å². The fourth-order valence-corrected chi connectivity index (χ4v) is 13.9. The van der Waals surface area contributed by atoms with Crippen LogP contribution in [0.25, 0.3) is 0 Å². The van der Waals surface area contributed by atoms with E-state index in [1.54, 1.807) is 149 Å². The summed E-state index contributed by atoms with van der Waals surface area (Å²) >= 11 is 0. The topological polar surface area (TPSA) is 802 Å². The predicted molar refractivity (Wildman–Crippen MR) is 500 cm³/mol. The molecule has 0 radical (unpaired) electrons. The summed E-state index contributed by atoms with van der Waals surface area (Å²) in [5, 5.41) is 117. The fraction of sp³-hybridized carbons (Fsp3) is 0.511. The summed E-state index contributed by atoms with van der Waals surface area (Å²) in [6.45, 7) is 6.91. The van der Waals surface area contributed by atoms with Gasteiger partial charge in [0, 0.05) is 52.2 Å². The van der Waals surface area contributed by atoms with Crippen molar-refractivity contribution < 1.29 is 117 Å². The van der Waals surface area contributed by atoms with Crippen LogP contribution in [0.3, 0.4) is 0 Å². The lowest BCUT2D eigenvalue weighted by atomic mass is 9.99. The normalized spacial score (nSPS) is 15.0. The average molecular weight is 1940 g/mol. The van der Waals surface area contributed by atoms with Crippen molar-refractivity contribution in [3.8, 4) is 0 Å². The molecule has 34 N–H and O–H groups in total. The zero-order valence-corrected chi connectivity index (χ0v) is 78.2. The Balaban J connectivity index is 1.72. The number of nitrogens with two attached hydrogens (primary N) is 5. The molecule has 758 valence electrons. The van der Waals surface area contributed by atoms with Gasteiger partial charge < -0.3 is 149 Å². The molecule has 4 rings (SSSR count). The van der Waals surface area contributed by atoms with E-state index in [1.165, 1.54) is 7.05 Å². The molecule has 0 aliphatic heterocycles. The molecule has 18 atom stereocenters. The molecule has 0 spiro atoms. The quantitative estimate of drug-likeness (QED) is 0.0111. The van der Waals surface area contributed by atoms with E-state index >= 15 is 24.0 Å². The van der Waals surface area contributed by atoms with Crippen LogP contribution in [0.15, 0.2) is 121 Å². The number of nitrogens with zero attached hydrogens (tertiary/aromatic N) is 1. The number of aliphatic hydroxyl groups is 5. The van der Waals surface area contributed by atoms with Gasteiger partial charge in [0.1, 0.15) is 96.7 Å². The molecular weight excluding hydrogens is 1800 g/mol. The van der Waals surface area contributed by atoms with E-state index in [4.69, 9.17) is 39.5 Å². The van der Waals surface area contributed by atoms with Crippen molar-refractivity contribution in [3.05, 3.63) is 144 Å². The molecule has 0 unspecified atom stereocenters. The molecule has 0 saturated carbocycles. The second-order valence-electron chi connectivity index (χ2n) is 34.0. The Morgan fingerprint density at radius 3 is 1.01 bits per heavy atom. The van der Waals surface area contributed by atoms with E-state index < -0.39 is 279 Å². The van der Waals surface area contributed by atoms with Crippen LogP contribution in [0.2, 0.25) is 0 Å². The Morgan fingerprint density at radius 1 is 0.341 bits per heavy atom. The van der Waals surface area contributed by atoms with Gasteiger partial charge in [-0.2, -0.15) is 0 Å². The van der Waals surface area contributed by atoms with E-state index in [0.29, 0.717) is 22.3 Å². The van der Waals surface area contributed by atoms with Crippen molar-refractivity contribution in [1.29, 1.82) is 10.8 Å². The summed E-state index contributed by atoms with van der Waals surface area (Å²) in [6.07, 6.45) is -7.71. The maximum Gasteiger partial charge on any atom is 0.325 e. The first-order valence-corrected chi connectivity index (χ1v) is 44.7. The summed E-state index contributed by atoms with van der Waals surface area (Å²) in [4.78, 5) is 254. The molecule has 0 aliphatic rings. The number of carbonyl (C=O) groups excluding carboxylic acids is 17. The Hall–Kier alpha value is -14.4. The third-order valence-electron chi connectivity index (χ3n) is 21.4. The van der Waals surface area contributed by atoms with Crippen molar-refractivity contribution >= 4 is 118 Å². The summed E-state index contributed by atoms with van der Waals surface area (Å²) in [5.41, 5.74) is 29.5. The second kappa shape index (κ2) is 59.5. The summed E-state index contributed by atoms with van der Waals surface area (Å²) in [7, 11) is 1.24. The van der Waals surface area contributed by atoms with Crippen LogP contribution < -0.4 is 114 Å². The first-order valence-electron chi connectivity index (χ1n) is 44.7. The van der Waals surface area contributed by atoms with Gasteiger partial charge in [0.15, 0.2) is 11.9 Å². The number of carboxylic acid groups (broad SMARTS) is 1. The molecule has 48 nitrogen and oxygen atoms in total. The number of hydrogen-bond acceptors (Lipinski definition) is 26. The molecule has 48 heteroatoms. The number of hydrogen-bond donors (Lipinski definition) is 29. The fourth-order valence-electron chi connectivity index (χ4n) is 13.9. The number of nitrogens with one attached hydrogen (secondary N) is 18. The third-order valence-corrected chi connectivity index (χ3v) is 21.4. The molecule has 0 saturated heterocycles. The number of primary amides is 2. The van der Waals surface area contributed by atoms with Crippen molar-refractivity contribution in [1.82, 2.24) is 90.0 Å². The second-order valence-corrected chi connectivity index (χ2v) is 34.0. The standard InChI is InChI=1S/C90H134N24O24/c1-47(2)37-60(104-73(122)56(91)44-115)78(127)111-67(46-117)83(132)113-72(51(7)119)86(135)109-65(41-54-27-17-11-18-28-54)87(136)114(8)68(42-55-29-19-12-20-30-55)84(133)102-58(32-22-36-99-90(96)97)75(124)105-61(38-48(3)4)77(126)106-62(39-52-23-13-9-14-24-52)79(128)108-64(43-70(93)121)80(129)101-57(31-21-35-98-89(94)95)76(125)110-66(45-116)82(131)107-63(40-53-25-15-10-16-26-53)81(130)112-71(50(6)118)85(134)103-59(33-34-69(92)120)74(123)100-49(5)88(137)138/h9-20,23-30,47-51,56-68,71-72,115-119H,21-22,31-46,91H2,1-8H3,(H2,92,120)(H2,93,121)(H,100,123)(H,101,129)(H,102,133)(H,103,134)(H,104,122)(H,105,124)(H,106,126)(H,107,131)(H,108,128)(H,109,135)(H,110,125)(H,111,127)(H,112,130)(H,113,132)(H,137,138)(H4,94,95,98)(H4,96,97,99)/t49-,50+,51+,56-,57-,58-,59-,60-,61-,62-,63-,64-,65-,66-,67-,68-,71-,72-/m0/s1. The lowest BCUT2D eigenvalue weighted by molar-refractivity contribution is -0.143. The summed E-state index contributed by atoms with van der Waals surface area (Å²) in [6, 6.07) is 5.09. The van der Waals surface area contributed by atoms with Gasteiger partial charge in [0.05, 0.1) is 38.4 Å². The number of carbonyl (C=O) groups is 18. The average Bonchev–Trinajstić information content (AvgIpc) is 0.826. The molecule has 4 aromatic carbocycles. The Labute approximate surface area is 797 Å². The van der Waals surface area contributed by atoms with Gasteiger partial charge >= 0.3 is 5.97 Å². The summed E-state index contributed by atoms with van der Waals surface area (Å²) in [5.74, 6) is -21.8. The molecule has 4 aromatic rings. The molecule has 0 heterocycles. The largest absolute Gasteiger partial charge is 0.480 e. The van der Waals surface area contributed by atoms with Crippen LogP contribution >= 0.6 is 0 Å². The van der Waals surface area contributed by atoms with Crippen LogP contribution in [0.4, 0.5) is 0 Å². The number of rotatable bonds is 61. The van der Waals surface area contributed by atoms with Crippen molar-refractivity contribution in [2.75, 3.05) is 40.0 Å². The van der Waals surface area contributed by atoms with E-state index in [2.05, 4.69) is 85.1 Å². The van der Waals surface area contributed by atoms with Crippen molar-refractivity contribution in [3.63, 3.8) is 0 Å². The highest BCUT2D eigenvalue weighted by atomic mass is 16.4. The molecule has 0 bridgehead atoms. The Morgan fingerprint density at radius 2 is 0.638 bits per heavy atom. The van der Waals surface area contributed by atoms with Gasteiger partial charge in [-0.3, -0.25) is 97.1 Å². The van der Waals surface area contributed by atoms with E-state index in [9.17, 15) is 93.0 Å². The molecule has 138 heavy (non-hydrogen) atoms. The first-order chi connectivity index (χ1) is 65.2. The number of amides is 17. The Bertz CT molecular complexity index is 4760. The predicted octanol–water partition coefficient (Wildman–Crippen LogP) is -8.50. The SMILES string of the molecule is CC(C)C[C@H](NC(=O)[C@H](CCCNC(=N)N)NC(=O)[C@H](Cc1ccccc1)N(C)C(=O)[C@H](Cc1ccccc1)NC(=O)[C@@H](NC(=O)[C@H](CO)NC(=O)[C@H](CC(C)C)NC(=O)[C@@H](N)CO)[C@@H](C)O)C(=O)N[C@@H](Cc1ccccc1)C(=O)N[C@@H](CC(N)=O)C(=O)N[C@@H](CCCNC(=N)N)C(=O)N[C@@H](CO)C(=O)N[C@@H](Cc1ccccc1)C(=O)N[C@H](C(=O)N[C@@H](CCC(N)=O)C(=O)N[C@@H](C)C(=O)O)[C@@H](C)O. The van der Waals surface area contributed by atoms with Gasteiger partial charge in [-0.1, -0.05) is 149 Å². The molecule has 0 aromatic heterocycles. The molecule has 0 fully saturated rings. The maximum absolute atomic E-state index is 15.4. The first kappa shape index (κ1) is 116. The highest BCUT2D eigenvalue weighted by Crippen LogP contribution is 2.19. The van der Waals surface area contributed by atoms with Gasteiger partial charge in [0.2, 0.25) is 100 Å². The zero-order valence-electron chi connectivity index (χ0n) is 78.2. The van der Waals surface area contributed by atoms with Crippen LogP contribution in [-0.4, -0.2) is 303 Å². The number of aliphatic carboxylic acids is 1. The van der Waals surface area contributed by atoms with Gasteiger partial charge in [-0.25, -0.2) is 0 Å². The van der Waals surface area contributed by atoms with Crippen molar-refractivity contribution in [2.24, 2.45) is 40.5 Å². The number of carboxylic acids is 1. The smallest absolute Gasteiger partial charge is 0.325 e. The van der Waals surface area contributed by atoms with Gasteiger partial charge in [-0.15, -0.1) is 0 Å². The van der Waals surface area contributed by atoms with E-state index in [0.717, 1.165) is 25.7 Å². The van der Waals surface area contributed by atoms with Crippen LogP contribution in [-0.2, 0) is 112 Å². The number of guanidine groups is 2. The Kier molecular flexibility index (Phi) is 50.0. The van der Waals surface area contributed by atoms with Gasteiger partial charge in [-0.05, 0) is 99.8 Å². The molecule has 17 amide bonds. The van der Waals surface area contributed by atoms with Crippen molar-refractivity contribution in [2.45, 2.75) is 241 Å². The number of likely N-dealkylation sites (N-methyl/N-ethyl adjacent to an activating group) is 1. The van der Waals surface area contributed by atoms with Crippen LogP contribution in [0.1, 0.15) is 129 Å². The minimum absolute atomic E-state index is 0.00499. The monoisotopic (exact) mass is 1940 g/mol. The minimum atomic E-state index is -2.01. The molecular formula is C90H134N24O24. The number of aliphatic hydroxyl groups excluding tert-OH is 5. The van der Waals surface area contributed by atoms with Crippen LogP contribution in [0.5, 0.6) is 0 Å². The number of benzene rings is 4. The lowest BCUT2D eigenvalue weighted by Gasteiger charge is -2.33. The third kappa shape index (κ3) is 41.5.